The number of hydrogen-bond donors (Lipinski definition) is 0. The first-order valence-corrected chi connectivity index (χ1v) is 4.51. The van der Waals surface area contributed by atoms with Crippen LogP contribution in [0.3, 0.4) is 0 Å². The molecule has 0 amide bonds. The quantitative estimate of drug-likeness (QED) is 0.602. The fraction of sp³-hybridized carbons (Fsp3) is 0.167. The number of nitrogens with zero attached hydrogens (tertiary/aromatic N) is 1. The molecule has 1 aromatic heterocycles. The Morgan fingerprint density at radius 1 is 1.80 bits per heavy atom. The first kappa shape index (κ1) is 7.85. The molecular formula is C6H5ClNOS. The zero-order valence-corrected chi connectivity index (χ0v) is 6.87. The highest BCUT2D eigenvalue weighted by Crippen LogP contribution is 2.11. The van der Waals surface area contributed by atoms with Crippen molar-refractivity contribution in [2.24, 2.45) is 0 Å². The first-order valence-electron chi connectivity index (χ1n) is 2.57. The average molecular weight is 175 g/mol. The van der Waals surface area contributed by atoms with Crippen LogP contribution in [0.4, 0.5) is 0 Å². The molecule has 2 nitrogen and oxygen atoms in total. The third-order valence-corrected chi connectivity index (χ3v) is 1.95. The number of aromatic nitrogens is 1. The van der Waals surface area contributed by atoms with Gasteiger partial charge in [0.1, 0.15) is 6.26 Å². The van der Waals surface area contributed by atoms with Crippen molar-refractivity contribution in [3.8, 4) is 0 Å². The van der Waals surface area contributed by atoms with E-state index in [9.17, 15) is 4.55 Å². The molecule has 1 unspecified atom stereocenters. The van der Waals surface area contributed by atoms with Crippen molar-refractivity contribution < 1.29 is 4.55 Å². The van der Waals surface area contributed by atoms with Crippen LogP contribution in [0.1, 0.15) is 0 Å². The molecule has 0 bridgehead atoms. The van der Waals surface area contributed by atoms with Gasteiger partial charge < -0.3 is 4.55 Å². The Bertz CT molecular complexity index is 229. The van der Waals surface area contributed by atoms with Gasteiger partial charge in [-0.15, -0.1) is 0 Å². The summed E-state index contributed by atoms with van der Waals surface area (Å²) in [7, 11) is 0. The zero-order valence-electron chi connectivity index (χ0n) is 5.30. The highest BCUT2D eigenvalue weighted by Gasteiger charge is 2.04. The summed E-state index contributed by atoms with van der Waals surface area (Å²) in [5.74, 6) is 0. The van der Waals surface area contributed by atoms with Crippen LogP contribution in [-0.2, 0) is 11.2 Å². The Labute approximate surface area is 67.4 Å². The molecule has 53 valence electrons. The summed E-state index contributed by atoms with van der Waals surface area (Å²) in [6.07, 6.45) is 4.08. The standard InChI is InChI=1S/C6H5ClNOS/c1-10(9)6-4-5(7)2-3-8-6/h2,4H,1H3. The minimum absolute atomic E-state index is 0.465. The zero-order chi connectivity index (χ0) is 7.56. The van der Waals surface area contributed by atoms with Crippen LogP contribution in [-0.4, -0.2) is 15.8 Å². The van der Waals surface area contributed by atoms with E-state index in [4.69, 9.17) is 11.6 Å². The van der Waals surface area contributed by atoms with Gasteiger partial charge in [-0.2, -0.15) is 0 Å². The van der Waals surface area contributed by atoms with Gasteiger partial charge >= 0.3 is 0 Å². The van der Waals surface area contributed by atoms with Crippen molar-refractivity contribution in [1.29, 1.82) is 0 Å². The summed E-state index contributed by atoms with van der Waals surface area (Å²) in [6, 6.07) is 3.09. The number of rotatable bonds is 1. The van der Waals surface area contributed by atoms with Gasteiger partial charge in [0.2, 0.25) is 5.03 Å². The molecule has 0 saturated carbocycles. The maximum absolute atomic E-state index is 10.8. The van der Waals surface area contributed by atoms with Crippen molar-refractivity contribution in [3.63, 3.8) is 0 Å². The maximum Gasteiger partial charge on any atom is 0.246 e. The molecule has 1 radical (unpaired) electrons. The maximum atomic E-state index is 10.8. The monoisotopic (exact) mass is 174 g/mol. The second-order valence-electron chi connectivity index (χ2n) is 1.71. The molecule has 1 rings (SSSR count). The third kappa shape index (κ3) is 1.87. The van der Waals surface area contributed by atoms with Gasteiger partial charge in [-0.05, 0) is 6.07 Å². The van der Waals surface area contributed by atoms with Gasteiger partial charge in [-0.1, -0.05) is 11.6 Å². The van der Waals surface area contributed by atoms with Crippen LogP contribution < -0.4 is 0 Å². The van der Waals surface area contributed by atoms with E-state index >= 15 is 0 Å². The van der Waals surface area contributed by atoms with Gasteiger partial charge in [-0.3, -0.25) is 0 Å². The molecule has 4 heteroatoms. The number of pyridine rings is 1. The second kappa shape index (κ2) is 3.23. The predicted octanol–water partition coefficient (Wildman–Crippen LogP) is 1.27. The van der Waals surface area contributed by atoms with E-state index < -0.39 is 11.2 Å². The lowest BCUT2D eigenvalue weighted by molar-refractivity contribution is 0.597. The molecule has 0 aromatic carbocycles. The molecule has 0 aliphatic carbocycles. The van der Waals surface area contributed by atoms with Gasteiger partial charge in [0.05, 0.1) is 6.20 Å². The summed E-state index contributed by atoms with van der Waals surface area (Å²) in [5, 5.41) is 0.979. The molecular weight excluding hydrogens is 170 g/mol. The Kier molecular flexibility index (Phi) is 2.54. The van der Waals surface area contributed by atoms with E-state index in [1.165, 1.54) is 6.07 Å². The molecule has 1 atom stereocenters. The summed E-state index contributed by atoms with van der Waals surface area (Å²) < 4.78 is 10.8. The molecule has 0 N–H and O–H groups in total. The fourth-order valence-corrected chi connectivity index (χ4v) is 1.19. The van der Waals surface area contributed by atoms with Crippen LogP contribution in [0.2, 0.25) is 5.02 Å². The normalized spacial score (nSPS) is 13.1. The van der Waals surface area contributed by atoms with E-state index in [0.717, 1.165) is 0 Å². The lowest BCUT2D eigenvalue weighted by atomic mass is 10.5. The molecule has 1 aromatic rings. The Morgan fingerprint density at radius 3 is 2.90 bits per heavy atom. The molecule has 0 aliphatic heterocycles. The molecule has 1 heterocycles. The number of hydrogen-bond acceptors (Lipinski definition) is 2. The van der Waals surface area contributed by atoms with Crippen molar-refractivity contribution in [3.05, 3.63) is 23.4 Å². The largest absolute Gasteiger partial charge is 0.610 e. The van der Waals surface area contributed by atoms with E-state index in [2.05, 4.69) is 11.2 Å². The third-order valence-electron chi connectivity index (χ3n) is 0.933. The summed E-state index contributed by atoms with van der Waals surface area (Å²) >= 11 is 4.52. The van der Waals surface area contributed by atoms with Crippen LogP contribution >= 0.6 is 11.6 Å². The molecule has 10 heavy (non-hydrogen) atoms. The SMILES string of the molecule is C[S+]([O-])c1cc(Cl)c[c]n1. The predicted molar refractivity (Wildman–Crippen MR) is 40.4 cm³/mol. The van der Waals surface area contributed by atoms with Crippen molar-refractivity contribution in [1.82, 2.24) is 4.98 Å². The molecule has 0 spiro atoms. The van der Waals surface area contributed by atoms with Crippen LogP contribution in [0.15, 0.2) is 17.2 Å². The van der Waals surface area contributed by atoms with Gasteiger partial charge in [0.25, 0.3) is 0 Å². The Morgan fingerprint density at radius 2 is 2.50 bits per heavy atom. The average Bonchev–Trinajstić information content (AvgIpc) is 1.88. The van der Waals surface area contributed by atoms with Gasteiger partial charge in [0, 0.05) is 22.3 Å². The van der Waals surface area contributed by atoms with Crippen LogP contribution in [0.25, 0.3) is 0 Å². The van der Waals surface area contributed by atoms with E-state index in [1.807, 2.05) is 0 Å². The summed E-state index contributed by atoms with van der Waals surface area (Å²) in [5.41, 5.74) is 0. The van der Waals surface area contributed by atoms with Crippen LogP contribution in [0, 0.1) is 6.20 Å². The first-order chi connectivity index (χ1) is 4.70. The lowest BCUT2D eigenvalue weighted by Gasteiger charge is -2.00. The topological polar surface area (TPSA) is 36.0 Å². The highest BCUT2D eigenvalue weighted by atomic mass is 35.5. The molecule has 0 fully saturated rings. The van der Waals surface area contributed by atoms with Gasteiger partial charge in [-0.25, -0.2) is 4.98 Å². The number of halogens is 1. The Hall–Kier alpha value is -0.250. The van der Waals surface area contributed by atoms with E-state index in [1.54, 1.807) is 12.3 Å². The van der Waals surface area contributed by atoms with Crippen molar-refractivity contribution >= 4 is 22.8 Å². The smallest absolute Gasteiger partial charge is 0.246 e. The Balaban J connectivity index is 2.96. The highest BCUT2D eigenvalue weighted by molar-refractivity contribution is 7.90. The minimum atomic E-state index is -1.07. The fourth-order valence-electron chi connectivity index (χ4n) is 0.497. The lowest BCUT2D eigenvalue weighted by Crippen LogP contribution is -1.99. The summed E-state index contributed by atoms with van der Waals surface area (Å²) in [6.45, 7) is 0. The van der Waals surface area contributed by atoms with Crippen molar-refractivity contribution in [2.75, 3.05) is 6.26 Å². The minimum Gasteiger partial charge on any atom is -0.610 e. The van der Waals surface area contributed by atoms with E-state index in [0.29, 0.717) is 10.0 Å². The summed E-state index contributed by atoms with van der Waals surface area (Å²) in [4.78, 5) is 3.73. The molecule has 0 saturated heterocycles. The van der Waals surface area contributed by atoms with Gasteiger partial charge in [0.15, 0.2) is 0 Å². The van der Waals surface area contributed by atoms with Crippen molar-refractivity contribution in [2.45, 2.75) is 5.03 Å². The van der Waals surface area contributed by atoms with Crippen LogP contribution in [0.5, 0.6) is 0 Å². The second-order valence-corrected chi connectivity index (χ2v) is 3.47. The van der Waals surface area contributed by atoms with E-state index in [-0.39, 0.29) is 0 Å². The molecule has 0 aliphatic rings.